The smallest absolute Gasteiger partial charge is 0.0856 e. The highest BCUT2D eigenvalue weighted by molar-refractivity contribution is 4.80. The first-order valence-electron chi connectivity index (χ1n) is 5.37. The van der Waals surface area contributed by atoms with Crippen molar-refractivity contribution in [3.05, 3.63) is 0 Å². The standard InChI is InChI=1S/C6H15N.C4H11NO3/c1-4-7(5-2)6-3;5-4(1-6,2-7)3-8/h4-6H2,1-3H3;6-8H,1-3,5H2. The summed E-state index contributed by atoms with van der Waals surface area (Å²) >= 11 is 0. The lowest BCUT2D eigenvalue weighted by Gasteiger charge is -2.20. The van der Waals surface area contributed by atoms with Gasteiger partial charge in [0.2, 0.25) is 0 Å². The molecule has 0 atom stereocenters. The molecule has 0 spiro atoms. The van der Waals surface area contributed by atoms with Crippen molar-refractivity contribution in [3.8, 4) is 0 Å². The maximum absolute atomic E-state index is 8.34. The summed E-state index contributed by atoms with van der Waals surface area (Å²) in [6.07, 6.45) is 0. The molecule has 15 heavy (non-hydrogen) atoms. The van der Waals surface area contributed by atoms with Crippen LogP contribution < -0.4 is 5.73 Å². The molecule has 0 heterocycles. The topological polar surface area (TPSA) is 90.0 Å². The highest BCUT2D eigenvalue weighted by atomic mass is 16.3. The number of nitrogens with two attached hydrogens (primary N) is 1. The van der Waals surface area contributed by atoms with Crippen LogP contribution in [0.3, 0.4) is 0 Å². The summed E-state index contributed by atoms with van der Waals surface area (Å²) in [4.78, 5) is 2.38. The molecule has 0 saturated heterocycles. The summed E-state index contributed by atoms with van der Waals surface area (Å²) in [6, 6.07) is 0. The third-order valence-electron chi connectivity index (χ3n) is 2.29. The molecule has 0 saturated carbocycles. The second kappa shape index (κ2) is 10.3. The van der Waals surface area contributed by atoms with Gasteiger partial charge in [0.05, 0.1) is 25.4 Å². The van der Waals surface area contributed by atoms with Gasteiger partial charge in [0.25, 0.3) is 0 Å². The van der Waals surface area contributed by atoms with Gasteiger partial charge in [-0.3, -0.25) is 0 Å². The van der Waals surface area contributed by atoms with Crippen molar-refractivity contribution < 1.29 is 15.3 Å². The highest BCUT2D eigenvalue weighted by Gasteiger charge is 2.20. The van der Waals surface area contributed by atoms with E-state index in [-0.39, 0.29) is 0 Å². The Hall–Kier alpha value is -0.200. The van der Waals surface area contributed by atoms with Gasteiger partial charge < -0.3 is 26.0 Å². The average Bonchev–Trinajstić information content (AvgIpc) is 2.31. The predicted octanol–water partition coefficient (Wildman–Crippen LogP) is -0.991. The van der Waals surface area contributed by atoms with E-state index in [1.807, 2.05) is 0 Å². The summed E-state index contributed by atoms with van der Waals surface area (Å²) in [6.45, 7) is 8.92. The Morgan fingerprint density at radius 1 is 0.867 bits per heavy atom. The zero-order chi connectivity index (χ0) is 12.3. The molecule has 0 aromatic heterocycles. The Bertz CT molecular complexity index is 112. The first kappa shape index (κ1) is 17.2. The van der Waals surface area contributed by atoms with Crippen molar-refractivity contribution in [1.29, 1.82) is 0 Å². The quantitative estimate of drug-likeness (QED) is 0.463. The largest absolute Gasteiger partial charge is 0.394 e. The van der Waals surface area contributed by atoms with E-state index in [0.717, 1.165) is 0 Å². The Kier molecular flexibility index (Phi) is 11.8. The van der Waals surface area contributed by atoms with Gasteiger partial charge in [-0.25, -0.2) is 0 Å². The van der Waals surface area contributed by atoms with Gasteiger partial charge in [-0.1, -0.05) is 20.8 Å². The molecular weight excluding hydrogens is 196 g/mol. The van der Waals surface area contributed by atoms with Crippen molar-refractivity contribution >= 4 is 0 Å². The summed E-state index contributed by atoms with van der Waals surface area (Å²) in [5.74, 6) is 0. The van der Waals surface area contributed by atoms with Gasteiger partial charge in [0.1, 0.15) is 0 Å². The molecular formula is C10H26N2O3. The van der Waals surface area contributed by atoms with Gasteiger partial charge in [-0.2, -0.15) is 0 Å². The molecule has 5 N–H and O–H groups in total. The van der Waals surface area contributed by atoms with Gasteiger partial charge >= 0.3 is 0 Å². The fourth-order valence-electron chi connectivity index (χ4n) is 0.821. The Labute approximate surface area is 92.5 Å². The second-order valence-electron chi connectivity index (χ2n) is 3.46. The molecule has 0 aromatic carbocycles. The lowest BCUT2D eigenvalue weighted by molar-refractivity contribution is 0.0698. The van der Waals surface area contributed by atoms with Gasteiger partial charge in [-0.05, 0) is 19.6 Å². The first-order chi connectivity index (χ1) is 7.03. The van der Waals surface area contributed by atoms with Crippen LogP contribution in [-0.2, 0) is 0 Å². The second-order valence-corrected chi connectivity index (χ2v) is 3.46. The molecule has 0 fully saturated rings. The Morgan fingerprint density at radius 3 is 1.13 bits per heavy atom. The molecule has 0 amide bonds. The minimum atomic E-state index is -1.21. The van der Waals surface area contributed by atoms with E-state index in [0.29, 0.717) is 0 Å². The van der Waals surface area contributed by atoms with E-state index in [9.17, 15) is 0 Å². The number of nitrogens with zero attached hydrogens (tertiary/aromatic N) is 1. The van der Waals surface area contributed by atoms with E-state index in [4.69, 9.17) is 21.1 Å². The molecule has 0 radical (unpaired) electrons. The summed E-state index contributed by atoms with van der Waals surface area (Å²) < 4.78 is 0. The van der Waals surface area contributed by atoms with E-state index in [1.54, 1.807) is 0 Å². The van der Waals surface area contributed by atoms with E-state index in [1.165, 1.54) is 19.6 Å². The number of aliphatic hydroxyl groups excluding tert-OH is 3. The van der Waals surface area contributed by atoms with Crippen molar-refractivity contribution in [2.24, 2.45) is 5.73 Å². The Morgan fingerprint density at radius 2 is 1.13 bits per heavy atom. The fourth-order valence-corrected chi connectivity index (χ4v) is 0.821. The molecule has 0 aliphatic carbocycles. The SMILES string of the molecule is CCN(CC)CC.NC(CO)(CO)CO. The van der Waals surface area contributed by atoms with Crippen LogP contribution >= 0.6 is 0 Å². The van der Waals surface area contributed by atoms with Crippen LogP contribution in [0.25, 0.3) is 0 Å². The molecule has 5 nitrogen and oxygen atoms in total. The number of rotatable bonds is 6. The van der Waals surface area contributed by atoms with Crippen LogP contribution in [0.1, 0.15) is 20.8 Å². The average molecular weight is 222 g/mol. The molecule has 0 rings (SSSR count). The monoisotopic (exact) mass is 222 g/mol. The minimum Gasteiger partial charge on any atom is -0.394 e. The highest BCUT2D eigenvalue weighted by Crippen LogP contribution is 1.93. The van der Waals surface area contributed by atoms with E-state index < -0.39 is 25.4 Å². The van der Waals surface area contributed by atoms with Crippen LogP contribution in [0, 0.1) is 0 Å². The third kappa shape index (κ3) is 8.77. The van der Waals surface area contributed by atoms with Gasteiger partial charge in [0.15, 0.2) is 0 Å². The third-order valence-corrected chi connectivity index (χ3v) is 2.29. The molecule has 0 aliphatic rings. The molecule has 0 aromatic rings. The summed E-state index contributed by atoms with van der Waals surface area (Å²) in [5.41, 5.74) is 3.94. The number of aliphatic hydroxyl groups is 3. The molecule has 0 bridgehead atoms. The van der Waals surface area contributed by atoms with Crippen LogP contribution in [0.4, 0.5) is 0 Å². The molecule has 0 aliphatic heterocycles. The maximum atomic E-state index is 8.34. The van der Waals surface area contributed by atoms with Crippen molar-refractivity contribution in [2.45, 2.75) is 26.3 Å². The van der Waals surface area contributed by atoms with Gasteiger partial charge in [0, 0.05) is 0 Å². The first-order valence-corrected chi connectivity index (χ1v) is 5.37. The zero-order valence-corrected chi connectivity index (χ0v) is 10.1. The predicted molar refractivity (Wildman–Crippen MR) is 61.6 cm³/mol. The minimum absolute atomic E-state index is 0.403. The van der Waals surface area contributed by atoms with Crippen molar-refractivity contribution in [1.82, 2.24) is 4.90 Å². The van der Waals surface area contributed by atoms with E-state index in [2.05, 4.69) is 25.7 Å². The van der Waals surface area contributed by atoms with Gasteiger partial charge in [-0.15, -0.1) is 0 Å². The van der Waals surface area contributed by atoms with Crippen LogP contribution in [0.2, 0.25) is 0 Å². The molecule has 0 unspecified atom stereocenters. The Balaban J connectivity index is 0. The lowest BCUT2D eigenvalue weighted by Crippen LogP contribution is -2.50. The number of hydrogen-bond donors (Lipinski definition) is 4. The van der Waals surface area contributed by atoms with E-state index >= 15 is 0 Å². The van der Waals surface area contributed by atoms with Crippen molar-refractivity contribution in [2.75, 3.05) is 39.5 Å². The molecule has 5 heteroatoms. The summed E-state index contributed by atoms with van der Waals surface area (Å²) in [5, 5.41) is 25.0. The number of hydrogen-bond acceptors (Lipinski definition) is 5. The van der Waals surface area contributed by atoms with Crippen molar-refractivity contribution in [3.63, 3.8) is 0 Å². The van der Waals surface area contributed by atoms with Crippen LogP contribution in [0.15, 0.2) is 0 Å². The maximum Gasteiger partial charge on any atom is 0.0856 e. The normalized spacial score (nSPS) is 11.2. The zero-order valence-electron chi connectivity index (χ0n) is 10.1. The fraction of sp³-hybridized carbons (Fsp3) is 1.00. The van der Waals surface area contributed by atoms with Crippen LogP contribution in [-0.4, -0.2) is 65.2 Å². The van der Waals surface area contributed by atoms with Crippen LogP contribution in [0.5, 0.6) is 0 Å². The lowest BCUT2D eigenvalue weighted by atomic mass is 10.1. The molecule has 94 valence electrons. The summed E-state index contributed by atoms with van der Waals surface area (Å²) in [7, 11) is 0.